The second-order valence-electron chi connectivity index (χ2n) is 4.36. The summed E-state index contributed by atoms with van der Waals surface area (Å²) in [6, 6.07) is 3.44. The first-order valence-corrected chi connectivity index (χ1v) is 4.88. The van der Waals surface area contributed by atoms with E-state index >= 15 is 0 Å². The number of hydrogen-bond acceptors (Lipinski definition) is 3. The standard InChI is InChI=1S/C11H17N3O/c1-8-6-9(4-5-13-8)10(15)14-7-11(2,3)12/h4-6H,7,12H2,1-3H3,(H,14,15). The van der Waals surface area contributed by atoms with Gasteiger partial charge in [-0.2, -0.15) is 0 Å². The molecule has 0 saturated carbocycles. The lowest BCUT2D eigenvalue weighted by Gasteiger charge is -2.18. The molecule has 82 valence electrons. The molecule has 0 unspecified atom stereocenters. The quantitative estimate of drug-likeness (QED) is 0.772. The van der Waals surface area contributed by atoms with Gasteiger partial charge in [-0.15, -0.1) is 0 Å². The largest absolute Gasteiger partial charge is 0.350 e. The van der Waals surface area contributed by atoms with Crippen LogP contribution >= 0.6 is 0 Å². The normalized spacial score (nSPS) is 11.2. The van der Waals surface area contributed by atoms with Crippen LogP contribution in [0.15, 0.2) is 18.3 Å². The lowest BCUT2D eigenvalue weighted by atomic mass is 10.1. The van der Waals surface area contributed by atoms with Crippen LogP contribution in [-0.2, 0) is 0 Å². The lowest BCUT2D eigenvalue weighted by Crippen LogP contribution is -2.45. The van der Waals surface area contributed by atoms with E-state index in [1.807, 2.05) is 20.8 Å². The van der Waals surface area contributed by atoms with E-state index in [1.54, 1.807) is 18.3 Å². The molecule has 0 bridgehead atoms. The van der Waals surface area contributed by atoms with Gasteiger partial charge >= 0.3 is 0 Å². The van der Waals surface area contributed by atoms with Crippen molar-refractivity contribution in [1.29, 1.82) is 0 Å². The summed E-state index contributed by atoms with van der Waals surface area (Å²) in [6.45, 7) is 6.03. The van der Waals surface area contributed by atoms with Crippen molar-refractivity contribution in [2.75, 3.05) is 6.54 Å². The smallest absolute Gasteiger partial charge is 0.251 e. The number of carbonyl (C=O) groups is 1. The minimum Gasteiger partial charge on any atom is -0.350 e. The first-order chi connectivity index (χ1) is 6.88. The summed E-state index contributed by atoms with van der Waals surface area (Å²) in [4.78, 5) is 15.7. The van der Waals surface area contributed by atoms with Crippen molar-refractivity contribution in [3.8, 4) is 0 Å². The van der Waals surface area contributed by atoms with Gasteiger partial charge in [-0.1, -0.05) is 0 Å². The molecular formula is C11H17N3O. The van der Waals surface area contributed by atoms with E-state index in [4.69, 9.17) is 5.73 Å². The van der Waals surface area contributed by atoms with Gasteiger partial charge in [0.05, 0.1) is 0 Å². The second-order valence-corrected chi connectivity index (χ2v) is 4.36. The van der Waals surface area contributed by atoms with Gasteiger partial charge in [0.25, 0.3) is 5.91 Å². The van der Waals surface area contributed by atoms with Crippen molar-refractivity contribution >= 4 is 5.91 Å². The van der Waals surface area contributed by atoms with Crippen LogP contribution in [0.1, 0.15) is 29.9 Å². The number of aryl methyl sites for hydroxylation is 1. The third-order valence-electron chi connectivity index (χ3n) is 1.86. The van der Waals surface area contributed by atoms with E-state index < -0.39 is 5.54 Å². The van der Waals surface area contributed by atoms with Crippen LogP contribution in [0.3, 0.4) is 0 Å². The molecule has 0 fully saturated rings. The van der Waals surface area contributed by atoms with E-state index in [-0.39, 0.29) is 5.91 Å². The molecule has 0 aromatic carbocycles. The fraction of sp³-hybridized carbons (Fsp3) is 0.455. The number of pyridine rings is 1. The molecule has 15 heavy (non-hydrogen) atoms. The molecule has 1 aromatic rings. The number of carbonyl (C=O) groups excluding carboxylic acids is 1. The fourth-order valence-electron chi connectivity index (χ4n) is 1.10. The highest BCUT2D eigenvalue weighted by Crippen LogP contribution is 2.01. The summed E-state index contributed by atoms with van der Waals surface area (Å²) >= 11 is 0. The maximum atomic E-state index is 11.6. The van der Waals surface area contributed by atoms with E-state index in [0.29, 0.717) is 12.1 Å². The molecule has 1 heterocycles. The van der Waals surface area contributed by atoms with Gasteiger partial charge in [0, 0.05) is 29.5 Å². The second kappa shape index (κ2) is 4.40. The average molecular weight is 207 g/mol. The van der Waals surface area contributed by atoms with Crippen LogP contribution in [0.2, 0.25) is 0 Å². The van der Waals surface area contributed by atoms with Crippen molar-refractivity contribution in [2.45, 2.75) is 26.3 Å². The first-order valence-electron chi connectivity index (χ1n) is 4.88. The minimum absolute atomic E-state index is 0.112. The van der Waals surface area contributed by atoms with Gasteiger partial charge in [-0.25, -0.2) is 0 Å². The van der Waals surface area contributed by atoms with Crippen molar-refractivity contribution in [3.05, 3.63) is 29.6 Å². The lowest BCUT2D eigenvalue weighted by molar-refractivity contribution is 0.0946. The van der Waals surface area contributed by atoms with E-state index in [0.717, 1.165) is 5.69 Å². The summed E-state index contributed by atoms with van der Waals surface area (Å²) < 4.78 is 0. The Morgan fingerprint density at radius 3 is 2.80 bits per heavy atom. The molecule has 4 nitrogen and oxygen atoms in total. The molecule has 1 aromatic heterocycles. The molecule has 0 aliphatic heterocycles. The van der Waals surface area contributed by atoms with Crippen LogP contribution in [0, 0.1) is 6.92 Å². The number of amides is 1. The summed E-state index contributed by atoms with van der Waals surface area (Å²) in [5.41, 5.74) is 6.82. The molecule has 0 radical (unpaired) electrons. The van der Waals surface area contributed by atoms with Crippen molar-refractivity contribution < 1.29 is 4.79 Å². The number of nitrogens with two attached hydrogens (primary N) is 1. The highest BCUT2D eigenvalue weighted by atomic mass is 16.1. The number of nitrogens with one attached hydrogen (secondary N) is 1. The molecule has 0 aliphatic rings. The Kier molecular flexibility index (Phi) is 3.42. The van der Waals surface area contributed by atoms with Crippen molar-refractivity contribution in [2.24, 2.45) is 5.73 Å². The highest BCUT2D eigenvalue weighted by molar-refractivity contribution is 5.94. The van der Waals surface area contributed by atoms with Crippen LogP contribution in [-0.4, -0.2) is 23.0 Å². The Hall–Kier alpha value is -1.42. The molecule has 0 spiro atoms. The van der Waals surface area contributed by atoms with Gasteiger partial charge in [0.1, 0.15) is 0 Å². The number of aromatic nitrogens is 1. The Labute approximate surface area is 89.9 Å². The Balaban J connectivity index is 2.62. The minimum atomic E-state index is -0.391. The number of nitrogens with zero attached hydrogens (tertiary/aromatic N) is 1. The zero-order chi connectivity index (χ0) is 11.5. The highest BCUT2D eigenvalue weighted by Gasteiger charge is 2.13. The Morgan fingerprint density at radius 1 is 1.60 bits per heavy atom. The van der Waals surface area contributed by atoms with Gasteiger partial charge in [-0.3, -0.25) is 9.78 Å². The van der Waals surface area contributed by atoms with Crippen molar-refractivity contribution in [1.82, 2.24) is 10.3 Å². The Bertz CT molecular complexity index is 355. The molecule has 0 atom stereocenters. The van der Waals surface area contributed by atoms with Gasteiger partial charge in [0.2, 0.25) is 0 Å². The summed E-state index contributed by atoms with van der Waals surface area (Å²) in [6.07, 6.45) is 1.62. The number of rotatable bonds is 3. The predicted octanol–water partition coefficient (Wildman–Crippen LogP) is 0.857. The van der Waals surface area contributed by atoms with Crippen molar-refractivity contribution in [3.63, 3.8) is 0 Å². The van der Waals surface area contributed by atoms with Gasteiger partial charge < -0.3 is 11.1 Å². The number of hydrogen-bond donors (Lipinski definition) is 2. The van der Waals surface area contributed by atoms with Crippen LogP contribution < -0.4 is 11.1 Å². The SMILES string of the molecule is Cc1cc(C(=O)NCC(C)(C)N)ccn1. The van der Waals surface area contributed by atoms with Crippen LogP contribution in [0.25, 0.3) is 0 Å². The van der Waals surface area contributed by atoms with Crippen LogP contribution in [0.4, 0.5) is 0 Å². The summed E-state index contributed by atoms with van der Waals surface area (Å²) in [5, 5.41) is 2.77. The monoisotopic (exact) mass is 207 g/mol. The topological polar surface area (TPSA) is 68.0 Å². The maximum absolute atomic E-state index is 11.6. The third kappa shape index (κ3) is 4.08. The summed E-state index contributed by atoms with van der Waals surface area (Å²) in [5.74, 6) is -0.112. The Morgan fingerprint density at radius 2 is 2.27 bits per heavy atom. The molecule has 3 N–H and O–H groups in total. The summed E-state index contributed by atoms with van der Waals surface area (Å²) in [7, 11) is 0. The molecule has 4 heteroatoms. The zero-order valence-corrected chi connectivity index (χ0v) is 9.37. The third-order valence-corrected chi connectivity index (χ3v) is 1.86. The average Bonchev–Trinajstić information content (AvgIpc) is 2.13. The van der Waals surface area contributed by atoms with E-state index in [9.17, 15) is 4.79 Å². The molecule has 1 amide bonds. The molecule has 0 aliphatic carbocycles. The zero-order valence-electron chi connectivity index (χ0n) is 9.37. The molecular weight excluding hydrogens is 190 g/mol. The molecule has 1 rings (SSSR count). The van der Waals surface area contributed by atoms with E-state index in [1.165, 1.54) is 0 Å². The predicted molar refractivity (Wildman–Crippen MR) is 59.6 cm³/mol. The van der Waals surface area contributed by atoms with Crippen LogP contribution in [0.5, 0.6) is 0 Å². The first kappa shape index (κ1) is 11.7. The molecule has 0 saturated heterocycles. The maximum Gasteiger partial charge on any atom is 0.251 e. The fourth-order valence-corrected chi connectivity index (χ4v) is 1.10. The van der Waals surface area contributed by atoms with Gasteiger partial charge in [0.15, 0.2) is 0 Å². The van der Waals surface area contributed by atoms with E-state index in [2.05, 4.69) is 10.3 Å². The van der Waals surface area contributed by atoms with Gasteiger partial charge in [-0.05, 0) is 32.9 Å².